The minimum Gasteiger partial charge on any atom is -0.467 e. The van der Waals surface area contributed by atoms with Crippen LogP contribution in [0.1, 0.15) is 32.1 Å². The molecule has 8 nitrogen and oxygen atoms in total. The first-order chi connectivity index (χ1) is 11.7. The molecule has 6 rings (SSSR count). The van der Waals surface area contributed by atoms with Crippen molar-refractivity contribution in [1.29, 1.82) is 0 Å². The molecule has 3 aliphatic carbocycles. The van der Waals surface area contributed by atoms with Crippen molar-refractivity contribution in [1.82, 2.24) is 25.7 Å². The third-order valence-electron chi connectivity index (χ3n) is 5.53. The van der Waals surface area contributed by atoms with E-state index in [1.165, 1.54) is 37.0 Å². The van der Waals surface area contributed by atoms with E-state index in [2.05, 4.69) is 25.8 Å². The molecule has 0 radical (unpaired) electrons. The van der Waals surface area contributed by atoms with E-state index < -0.39 is 0 Å². The highest BCUT2D eigenvalue weighted by atomic mass is 32.1. The summed E-state index contributed by atoms with van der Waals surface area (Å²) in [7, 11) is 1.56. The van der Waals surface area contributed by atoms with Crippen molar-refractivity contribution in [2.24, 2.45) is 11.8 Å². The Labute approximate surface area is 143 Å². The molecule has 0 unspecified atom stereocenters. The predicted molar refractivity (Wildman–Crippen MR) is 89.1 cm³/mol. The van der Waals surface area contributed by atoms with Gasteiger partial charge in [0.05, 0.1) is 13.3 Å². The van der Waals surface area contributed by atoms with Crippen LogP contribution in [0, 0.1) is 11.8 Å². The zero-order chi connectivity index (χ0) is 16.1. The van der Waals surface area contributed by atoms with Gasteiger partial charge in [0.25, 0.3) is 0 Å². The van der Waals surface area contributed by atoms with Crippen LogP contribution in [0.15, 0.2) is 6.20 Å². The van der Waals surface area contributed by atoms with Gasteiger partial charge in [0, 0.05) is 6.54 Å². The molecule has 1 atom stereocenters. The minimum atomic E-state index is -0.0477. The molecule has 24 heavy (non-hydrogen) atoms. The maximum absolute atomic E-state index is 6.29. The van der Waals surface area contributed by atoms with E-state index in [4.69, 9.17) is 9.57 Å². The highest BCUT2D eigenvalue weighted by Crippen LogP contribution is 2.50. The summed E-state index contributed by atoms with van der Waals surface area (Å²) >= 11 is 1.45. The molecule has 4 fully saturated rings. The van der Waals surface area contributed by atoms with E-state index in [-0.39, 0.29) is 5.60 Å². The van der Waals surface area contributed by atoms with Gasteiger partial charge in [-0.3, -0.25) is 10.3 Å². The van der Waals surface area contributed by atoms with Crippen LogP contribution in [0.4, 0.5) is 5.13 Å². The van der Waals surface area contributed by atoms with Crippen molar-refractivity contribution in [3.63, 3.8) is 0 Å². The molecule has 1 spiro atoms. The largest absolute Gasteiger partial charge is 0.467 e. The number of ether oxygens (including phenoxy) is 1. The summed E-state index contributed by atoms with van der Waals surface area (Å²) in [5, 5.41) is 2.35. The van der Waals surface area contributed by atoms with Crippen molar-refractivity contribution < 1.29 is 9.57 Å². The molecule has 128 valence electrons. The number of aromatic nitrogens is 3. The number of nitrogens with one attached hydrogen (secondary N) is 2. The molecule has 0 aromatic carbocycles. The summed E-state index contributed by atoms with van der Waals surface area (Å²) in [6, 6.07) is 0.352. The second kappa shape index (κ2) is 5.48. The normalized spacial score (nSPS) is 32.7. The average Bonchev–Trinajstić information content (AvgIpc) is 3.19. The number of nitrogens with zero attached hydrogens (tertiary/aromatic N) is 4. The van der Waals surface area contributed by atoms with Crippen LogP contribution >= 0.6 is 11.3 Å². The van der Waals surface area contributed by atoms with Crippen molar-refractivity contribution in [3.05, 3.63) is 6.20 Å². The zero-order valence-corrected chi connectivity index (χ0v) is 14.3. The van der Waals surface area contributed by atoms with Gasteiger partial charge in [-0.1, -0.05) is 11.3 Å². The lowest BCUT2D eigenvalue weighted by Crippen LogP contribution is -2.50. The summed E-state index contributed by atoms with van der Waals surface area (Å²) in [5.74, 6) is 1.48. The summed E-state index contributed by atoms with van der Waals surface area (Å²) in [6.07, 6.45) is 8.13. The second-order valence-electron chi connectivity index (χ2n) is 6.89. The summed E-state index contributed by atoms with van der Waals surface area (Å²) < 4.78 is 5.06. The van der Waals surface area contributed by atoms with E-state index in [0.29, 0.717) is 11.9 Å². The van der Waals surface area contributed by atoms with Crippen LogP contribution < -0.4 is 15.6 Å². The number of hydrogen-bond acceptors (Lipinski definition) is 9. The molecular weight excluding hydrogens is 328 g/mol. The maximum atomic E-state index is 6.29. The van der Waals surface area contributed by atoms with Gasteiger partial charge in [0.1, 0.15) is 11.1 Å². The zero-order valence-electron chi connectivity index (χ0n) is 13.5. The number of rotatable bonds is 3. The lowest BCUT2D eigenvalue weighted by molar-refractivity contribution is -0.235. The highest BCUT2D eigenvalue weighted by Gasteiger charge is 2.53. The summed E-state index contributed by atoms with van der Waals surface area (Å²) in [6.45, 7) is 0.861. The van der Waals surface area contributed by atoms with Gasteiger partial charge in [-0.25, -0.2) is 15.4 Å². The Morgan fingerprint density at radius 3 is 3.00 bits per heavy atom. The van der Waals surface area contributed by atoms with E-state index in [0.717, 1.165) is 34.4 Å². The van der Waals surface area contributed by atoms with Gasteiger partial charge in [-0.05, 0) is 49.2 Å². The van der Waals surface area contributed by atoms with Crippen LogP contribution in [0.25, 0.3) is 10.3 Å². The van der Waals surface area contributed by atoms with Gasteiger partial charge in [0.15, 0.2) is 4.83 Å². The Morgan fingerprint density at radius 1 is 1.38 bits per heavy atom. The molecule has 1 aliphatic heterocycles. The van der Waals surface area contributed by atoms with Crippen LogP contribution in [-0.4, -0.2) is 39.5 Å². The van der Waals surface area contributed by atoms with Gasteiger partial charge < -0.3 is 4.74 Å². The number of hydrogen-bond donors (Lipinski definition) is 2. The number of methoxy groups -OCH3 is 1. The van der Waals surface area contributed by atoms with Crippen LogP contribution in [0.2, 0.25) is 0 Å². The lowest BCUT2D eigenvalue weighted by Gasteiger charge is -2.47. The van der Waals surface area contributed by atoms with E-state index in [1.54, 1.807) is 18.6 Å². The molecule has 2 N–H and O–H groups in total. The fourth-order valence-corrected chi connectivity index (χ4v) is 5.13. The highest BCUT2D eigenvalue weighted by molar-refractivity contribution is 7.21. The standard InChI is InChI=1S/C15H20N6O2S/c1-22-13-16-7-11-12(19-13)24-14(18-11)20-21-17-8-15(23-21)6-9-2-4-10(15)5-3-9/h7,9-10,17H,2-6,8H2,1H3,(H,18,20)/t9?,10?,15-/m0/s1. The molecule has 9 heteroatoms. The Bertz CT molecular complexity index is 762. The molecular formula is C15H20N6O2S. The molecule has 3 saturated carbocycles. The number of thiazole rings is 1. The smallest absolute Gasteiger partial charge is 0.317 e. The van der Waals surface area contributed by atoms with E-state index in [1.807, 2.05) is 0 Å². The Kier molecular flexibility index (Phi) is 3.37. The summed E-state index contributed by atoms with van der Waals surface area (Å²) in [4.78, 5) is 20.0. The lowest BCUT2D eigenvalue weighted by atomic mass is 9.62. The fraction of sp³-hybridized carbons (Fsp3) is 0.667. The van der Waals surface area contributed by atoms with Crippen molar-refractivity contribution in [3.8, 4) is 6.01 Å². The Morgan fingerprint density at radius 2 is 2.25 bits per heavy atom. The van der Waals surface area contributed by atoms with Crippen molar-refractivity contribution in [2.45, 2.75) is 37.7 Å². The SMILES string of the molecule is COc1ncc2nc(NN3NC[C@]4(CC5CCC4CC5)O3)sc2n1. The number of hydrazine groups is 2. The topological polar surface area (TPSA) is 84.4 Å². The molecule has 2 aromatic rings. The van der Waals surface area contributed by atoms with Gasteiger partial charge in [-0.15, -0.1) is 0 Å². The van der Waals surface area contributed by atoms with Gasteiger partial charge in [0.2, 0.25) is 5.13 Å². The number of anilines is 1. The van der Waals surface area contributed by atoms with Gasteiger partial charge >= 0.3 is 6.01 Å². The van der Waals surface area contributed by atoms with Crippen molar-refractivity contribution >= 4 is 26.8 Å². The molecule has 2 aromatic heterocycles. The molecule has 0 amide bonds. The van der Waals surface area contributed by atoms with Crippen LogP contribution in [0.5, 0.6) is 6.01 Å². The fourth-order valence-electron chi connectivity index (χ4n) is 4.34. The first-order valence-corrected chi connectivity index (χ1v) is 9.23. The van der Waals surface area contributed by atoms with Crippen LogP contribution in [-0.2, 0) is 4.84 Å². The Hall–Kier alpha value is -1.55. The molecule has 3 heterocycles. The van der Waals surface area contributed by atoms with Crippen molar-refractivity contribution in [2.75, 3.05) is 19.1 Å². The first-order valence-electron chi connectivity index (χ1n) is 8.41. The number of fused-ring (bicyclic) bond motifs is 3. The van der Waals surface area contributed by atoms with Gasteiger partial charge in [-0.2, -0.15) is 4.98 Å². The quantitative estimate of drug-likeness (QED) is 0.873. The third-order valence-corrected chi connectivity index (χ3v) is 6.40. The van der Waals surface area contributed by atoms with E-state index >= 15 is 0 Å². The predicted octanol–water partition coefficient (Wildman–Crippen LogP) is 2.12. The Balaban J connectivity index is 1.32. The average molecular weight is 348 g/mol. The maximum Gasteiger partial charge on any atom is 0.317 e. The minimum absolute atomic E-state index is 0.0477. The second-order valence-corrected chi connectivity index (χ2v) is 7.86. The molecule has 1 saturated heterocycles. The molecule has 4 aliphatic rings. The molecule has 2 bridgehead atoms. The van der Waals surface area contributed by atoms with E-state index in [9.17, 15) is 0 Å². The summed E-state index contributed by atoms with van der Waals surface area (Å²) in [5.41, 5.74) is 7.22. The monoisotopic (exact) mass is 348 g/mol. The third kappa shape index (κ3) is 2.34. The van der Waals surface area contributed by atoms with Crippen LogP contribution in [0.3, 0.4) is 0 Å². The first kappa shape index (κ1) is 14.8.